The Morgan fingerprint density at radius 1 is 0.818 bits per heavy atom. The first-order valence-corrected chi connectivity index (χ1v) is 12.1. The number of sulfonamides is 1. The van der Waals surface area contributed by atoms with E-state index in [0.29, 0.717) is 35.6 Å². The van der Waals surface area contributed by atoms with Crippen LogP contribution >= 0.6 is 0 Å². The fourth-order valence-corrected chi connectivity index (χ4v) is 4.58. The Morgan fingerprint density at radius 3 is 2.00 bits per heavy atom. The quantitative estimate of drug-likeness (QED) is 0.539. The topological polar surface area (TPSA) is 86.8 Å². The van der Waals surface area contributed by atoms with Crippen molar-refractivity contribution in [2.75, 3.05) is 29.8 Å². The van der Waals surface area contributed by atoms with Crippen LogP contribution in [0.3, 0.4) is 0 Å². The van der Waals surface area contributed by atoms with Crippen molar-refractivity contribution in [2.45, 2.75) is 18.7 Å². The van der Waals surface area contributed by atoms with Crippen LogP contribution in [0.15, 0.2) is 83.8 Å². The summed E-state index contributed by atoms with van der Waals surface area (Å²) in [6.07, 6.45) is 0. The molecule has 0 saturated carbocycles. The molecule has 3 aromatic rings. The lowest BCUT2D eigenvalue weighted by Crippen LogP contribution is -2.31. The number of nitrogens with one attached hydrogen (secondary N) is 1. The molecule has 1 N–H and O–H groups in total. The molecule has 0 aliphatic carbocycles. The van der Waals surface area contributed by atoms with Crippen molar-refractivity contribution >= 4 is 33.2 Å². The lowest BCUT2D eigenvalue weighted by atomic mass is 10.1. The third-order valence-corrected chi connectivity index (χ3v) is 7.15. The summed E-state index contributed by atoms with van der Waals surface area (Å²) >= 11 is 0. The number of para-hydroxylation sites is 1. The number of nitrogens with zero attached hydrogens (tertiary/aromatic N) is 2. The minimum Gasteiger partial charge on any atom is -0.339 e. The van der Waals surface area contributed by atoms with Gasteiger partial charge in [-0.15, -0.1) is 0 Å². The number of rotatable bonds is 8. The lowest BCUT2D eigenvalue weighted by molar-refractivity contribution is 0.0774. The van der Waals surface area contributed by atoms with Crippen LogP contribution in [0.2, 0.25) is 0 Å². The summed E-state index contributed by atoms with van der Waals surface area (Å²) < 4.78 is 26.8. The zero-order valence-electron chi connectivity index (χ0n) is 18.9. The summed E-state index contributed by atoms with van der Waals surface area (Å²) in [6, 6.07) is 21.3. The molecule has 0 aliphatic rings. The van der Waals surface area contributed by atoms with Crippen LogP contribution in [0, 0.1) is 0 Å². The number of amides is 2. The fraction of sp³-hybridized carbons (Fsp3) is 0.200. The largest absolute Gasteiger partial charge is 0.339 e. The van der Waals surface area contributed by atoms with Crippen molar-refractivity contribution in [1.29, 1.82) is 0 Å². The molecular weight excluding hydrogens is 438 g/mol. The summed E-state index contributed by atoms with van der Waals surface area (Å²) in [5.74, 6) is -0.547. The van der Waals surface area contributed by atoms with E-state index in [-0.39, 0.29) is 10.8 Å². The van der Waals surface area contributed by atoms with Crippen LogP contribution in [0.5, 0.6) is 0 Å². The maximum absolute atomic E-state index is 12.8. The predicted molar refractivity (Wildman–Crippen MR) is 130 cm³/mol. The number of hydrogen-bond donors (Lipinski definition) is 1. The highest BCUT2D eigenvalue weighted by molar-refractivity contribution is 7.92. The fourth-order valence-electron chi connectivity index (χ4n) is 3.37. The monoisotopic (exact) mass is 465 g/mol. The first-order valence-electron chi connectivity index (χ1n) is 10.6. The molecule has 0 fully saturated rings. The zero-order chi connectivity index (χ0) is 24.0. The standard InChI is InChI=1S/C25H27N3O4S/c1-4-28(5-2)25(30)22-13-9-10-14-23(22)26-24(29)19-15-17-20(18-16-19)27(3)33(31,32)21-11-7-6-8-12-21/h6-18H,4-5H2,1-3H3,(H,26,29). The van der Waals surface area contributed by atoms with Crippen molar-refractivity contribution in [3.8, 4) is 0 Å². The normalized spacial score (nSPS) is 11.0. The van der Waals surface area contributed by atoms with E-state index in [9.17, 15) is 18.0 Å². The summed E-state index contributed by atoms with van der Waals surface area (Å²) in [7, 11) is -2.25. The van der Waals surface area contributed by atoms with Crippen LogP contribution < -0.4 is 9.62 Å². The van der Waals surface area contributed by atoms with E-state index in [2.05, 4.69) is 5.32 Å². The van der Waals surface area contributed by atoms with E-state index >= 15 is 0 Å². The van der Waals surface area contributed by atoms with Gasteiger partial charge in [-0.3, -0.25) is 13.9 Å². The van der Waals surface area contributed by atoms with Gasteiger partial charge in [-0.2, -0.15) is 0 Å². The van der Waals surface area contributed by atoms with E-state index < -0.39 is 15.9 Å². The molecule has 0 heterocycles. The highest BCUT2D eigenvalue weighted by Gasteiger charge is 2.22. The van der Waals surface area contributed by atoms with Crippen LogP contribution in [0.25, 0.3) is 0 Å². The highest BCUT2D eigenvalue weighted by atomic mass is 32.2. The molecular formula is C25H27N3O4S. The molecule has 0 unspecified atom stereocenters. The Hall–Kier alpha value is -3.65. The van der Waals surface area contributed by atoms with E-state index in [1.54, 1.807) is 71.6 Å². The smallest absolute Gasteiger partial charge is 0.264 e. The van der Waals surface area contributed by atoms with Crippen molar-refractivity contribution in [1.82, 2.24) is 4.90 Å². The molecule has 0 aliphatic heterocycles. The molecule has 3 aromatic carbocycles. The molecule has 33 heavy (non-hydrogen) atoms. The van der Waals surface area contributed by atoms with Gasteiger partial charge in [-0.25, -0.2) is 8.42 Å². The minimum absolute atomic E-state index is 0.154. The summed E-state index contributed by atoms with van der Waals surface area (Å²) in [6.45, 7) is 4.94. The Kier molecular flexibility index (Phi) is 7.50. The Bertz CT molecular complexity index is 1220. The highest BCUT2D eigenvalue weighted by Crippen LogP contribution is 2.23. The maximum atomic E-state index is 12.8. The van der Waals surface area contributed by atoms with Crippen molar-refractivity contribution < 1.29 is 18.0 Å². The first kappa shape index (κ1) is 24.0. The van der Waals surface area contributed by atoms with Gasteiger partial charge in [-0.1, -0.05) is 30.3 Å². The van der Waals surface area contributed by atoms with Crippen LogP contribution in [0.4, 0.5) is 11.4 Å². The van der Waals surface area contributed by atoms with Gasteiger partial charge in [0.15, 0.2) is 0 Å². The summed E-state index contributed by atoms with van der Waals surface area (Å²) in [5.41, 5.74) is 1.61. The van der Waals surface area contributed by atoms with Gasteiger partial charge in [0.1, 0.15) is 0 Å². The second-order valence-corrected chi connectivity index (χ2v) is 9.28. The molecule has 0 radical (unpaired) electrons. The SMILES string of the molecule is CCN(CC)C(=O)c1ccccc1NC(=O)c1ccc(N(C)S(=O)(=O)c2ccccc2)cc1. The van der Waals surface area contributed by atoms with E-state index in [4.69, 9.17) is 0 Å². The van der Waals surface area contributed by atoms with Gasteiger partial charge in [0.25, 0.3) is 21.8 Å². The van der Waals surface area contributed by atoms with Gasteiger partial charge in [0.05, 0.1) is 21.8 Å². The van der Waals surface area contributed by atoms with Gasteiger partial charge in [-0.05, 0) is 62.4 Å². The number of carbonyl (C=O) groups excluding carboxylic acids is 2. The molecule has 0 aromatic heterocycles. The third kappa shape index (κ3) is 5.23. The van der Waals surface area contributed by atoms with Crippen molar-refractivity contribution in [3.05, 3.63) is 90.0 Å². The lowest BCUT2D eigenvalue weighted by Gasteiger charge is -2.21. The molecule has 0 atom stereocenters. The second kappa shape index (κ2) is 10.3. The number of benzene rings is 3. The molecule has 0 spiro atoms. The number of anilines is 2. The molecule has 2 amide bonds. The third-order valence-electron chi connectivity index (χ3n) is 5.35. The van der Waals surface area contributed by atoms with Crippen LogP contribution in [-0.2, 0) is 10.0 Å². The zero-order valence-corrected chi connectivity index (χ0v) is 19.7. The van der Waals surface area contributed by atoms with E-state index in [1.165, 1.54) is 23.5 Å². The van der Waals surface area contributed by atoms with Crippen molar-refractivity contribution in [3.63, 3.8) is 0 Å². The van der Waals surface area contributed by atoms with Gasteiger partial charge >= 0.3 is 0 Å². The second-order valence-electron chi connectivity index (χ2n) is 7.31. The van der Waals surface area contributed by atoms with Crippen LogP contribution in [0.1, 0.15) is 34.6 Å². The molecule has 3 rings (SSSR count). The first-order chi connectivity index (χ1) is 15.8. The molecule has 172 valence electrons. The summed E-state index contributed by atoms with van der Waals surface area (Å²) in [4.78, 5) is 27.5. The predicted octanol–water partition coefficient (Wildman–Crippen LogP) is 4.25. The number of carbonyl (C=O) groups is 2. The molecule has 8 heteroatoms. The maximum Gasteiger partial charge on any atom is 0.264 e. The van der Waals surface area contributed by atoms with Gasteiger partial charge < -0.3 is 10.2 Å². The van der Waals surface area contributed by atoms with Crippen LogP contribution in [-0.4, -0.2) is 45.3 Å². The molecule has 0 saturated heterocycles. The Morgan fingerprint density at radius 2 is 1.39 bits per heavy atom. The Balaban J connectivity index is 1.79. The van der Waals surface area contributed by atoms with E-state index in [0.717, 1.165) is 0 Å². The summed E-state index contributed by atoms with van der Waals surface area (Å²) in [5, 5.41) is 2.80. The van der Waals surface area contributed by atoms with Crippen molar-refractivity contribution in [2.24, 2.45) is 0 Å². The molecule has 0 bridgehead atoms. The molecule has 7 nitrogen and oxygen atoms in total. The average molecular weight is 466 g/mol. The average Bonchev–Trinajstić information content (AvgIpc) is 2.85. The van der Waals surface area contributed by atoms with Gasteiger partial charge in [0.2, 0.25) is 0 Å². The van der Waals surface area contributed by atoms with Gasteiger partial charge in [0, 0.05) is 25.7 Å². The minimum atomic E-state index is -3.71. The number of hydrogen-bond acceptors (Lipinski definition) is 4. The van der Waals surface area contributed by atoms with E-state index in [1.807, 2.05) is 13.8 Å². The Labute approximate surface area is 194 Å².